The first-order valence-corrected chi connectivity index (χ1v) is 4.93. The molecule has 3 N–H and O–H groups in total. The van der Waals surface area contributed by atoms with Crippen LogP contribution in [0.15, 0.2) is 33.7 Å². The predicted octanol–water partition coefficient (Wildman–Crippen LogP) is 1.18. The van der Waals surface area contributed by atoms with E-state index >= 15 is 0 Å². The van der Waals surface area contributed by atoms with E-state index in [0.29, 0.717) is 11.5 Å². The molecule has 5 nitrogen and oxygen atoms in total. The average Bonchev–Trinajstić information content (AvgIpc) is 2.17. The first kappa shape index (κ1) is 9.85. The molecular weight excluding hydrogens is 260 g/mol. The summed E-state index contributed by atoms with van der Waals surface area (Å²) in [5, 5.41) is 0. The van der Waals surface area contributed by atoms with Crippen molar-refractivity contribution < 1.29 is 0 Å². The zero-order valence-electron chi connectivity index (χ0n) is 7.57. The molecule has 6 heteroatoms. The first-order chi connectivity index (χ1) is 7.15. The van der Waals surface area contributed by atoms with Gasteiger partial charge in [0, 0.05) is 16.7 Å². The molecule has 0 atom stereocenters. The number of hydrogen-bond donors (Lipinski definition) is 2. The Balaban J connectivity index is 2.54. The van der Waals surface area contributed by atoms with E-state index < -0.39 is 0 Å². The number of anilines is 1. The van der Waals surface area contributed by atoms with Gasteiger partial charge in [0.2, 0.25) is 0 Å². The third kappa shape index (κ3) is 2.21. The molecule has 0 aliphatic heterocycles. The van der Waals surface area contributed by atoms with Crippen LogP contribution in [0.4, 0.5) is 5.82 Å². The molecule has 0 unspecified atom stereocenters. The number of nitrogens with two attached hydrogens (primary N) is 1. The van der Waals surface area contributed by atoms with Crippen LogP contribution in [0.2, 0.25) is 0 Å². The van der Waals surface area contributed by atoms with Crippen molar-refractivity contribution in [3.05, 3.63) is 39.2 Å². The molecule has 2 heterocycles. The number of aromatic amines is 1. The Bertz CT molecular complexity index is 535. The van der Waals surface area contributed by atoms with Gasteiger partial charge in [-0.25, -0.2) is 4.98 Å². The Morgan fingerprint density at radius 2 is 2.20 bits per heavy atom. The number of halogens is 1. The standard InChI is InChI=1S/C9H7BrN4O/c10-5-1-2-6(12-4-5)9-13-7(11)3-8(15)14-9/h1-4H,(H3,11,13,14,15). The Kier molecular flexibility index (Phi) is 2.51. The van der Waals surface area contributed by atoms with Gasteiger partial charge >= 0.3 is 0 Å². The number of aromatic nitrogens is 3. The highest BCUT2D eigenvalue weighted by atomic mass is 79.9. The van der Waals surface area contributed by atoms with Crippen molar-refractivity contribution in [3.63, 3.8) is 0 Å². The Morgan fingerprint density at radius 3 is 2.80 bits per heavy atom. The van der Waals surface area contributed by atoms with Crippen molar-refractivity contribution in [2.75, 3.05) is 5.73 Å². The molecule has 76 valence electrons. The van der Waals surface area contributed by atoms with Crippen LogP contribution in [0.3, 0.4) is 0 Å². The minimum atomic E-state index is -0.290. The molecule has 0 fully saturated rings. The smallest absolute Gasteiger partial charge is 0.253 e. The van der Waals surface area contributed by atoms with E-state index in [4.69, 9.17) is 5.73 Å². The van der Waals surface area contributed by atoms with E-state index in [2.05, 4.69) is 30.9 Å². The van der Waals surface area contributed by atoms with Gasteiger partial charge in [0.1, 0.15) is 11.5 Å². The summed E-state index contributed by atoms with van der Waals surface area (Å²) in [6.45, 7) is 0. The number of hydrogen-bond acceptors (Lipinski definition) is 4. The quantitative estimate of drug-likeness (QED) is 0.812. The largest absolute Gasteiger partial charge is 0.383 e. The molecule has 2 aromatic rings. The lowest BCUT2D eigenvalue weighted by atomic mass is 10.3. The molecule has 0 spiro atoms. The monoisotopic (exact) mass is 266 g/mol. The summed E-state index contributed by atoms with van der Waals surface area (Å²) in [4.78, 5) is 21.8. The van der Waals surface area contributed by atoms with Crippen molar-refractivity contribution in [1.29, 1.82) is 0 Å². The lowest BCUT2D eigenvalue weighted by Crippen LogP contribution is -2.10. The Labute approximate surface area is 93.5 Å². The minimum Gasteiger partial charge on any atom is -0.383 e. The second-order valence-electron chi connectivity index (χ2n) is 2.88. The SMILES string of the molecule is Nc1cc(=O)[nH]c(-c2ccc(Br)cn2)n1. The molecule has 0 bridgehead atoms. The van der Waals surface area contributed by atoms with E-state index in [0.717, 1.165) is 4.47 Å². The third-order valence-electron chi connectivity index (χ3n) is 1.73. The number of rotatable bonds is 1. The van der Waals surface area contributed by atoms with Crippen LogP contribution in [0.25, 0.3) is 11.5 Å². The number of nitrogens with zero attached hydrogens (tertiary/aromatic N) is 2. The topological polar surface area (TPSA) is 84.7 Å². The van der Waals surface area contributed by atoms with Gasteiger partial charge in [-0.2, -0.15) is 0 Å². The third-order valence-corrected chi connectivity index (χ3v) is 2.20. The maximum absolute atomic E-state index is 11.1. The normalized spacial score (nSPS) is 10.2. The summed E-state index contributed by atoms with van der Waals surface area (Å²) in [5.41, 5.74) is 5.74. The number of nitrogen functional groups attached to an aromatic ring is 1. The van der Waals surface area contributed by atoms with Gasteiger partial charge < -0.3 is 10.7 Å². The van der Waals surface area contributed by atoms with Gasteiger partial charge in [-0.05, 0) is 28.1 Å². The molecule has 2 rings (SSSR count). The molecule has 0 amide bonds. The second-order valence-corrected chi connectivity index (χ2v) is 3.80. The predicted molar refractivity (Wildman–Crippen MR) is 60.2 cm³/mol. The van der Waals surface area contributed by atoms with Crippen molar-refractivity contribution in [3.8, 4) is 11.5 Å². The second kappa shape index (κ2) is 3.82. The molecule has 0 radical (unpaired) electrons. The Hall–Kier alpha value is -1.69. The highest BCUT2D eigenvalue weighted by Gasteiger charge is 2.03. The summed E-state index contributed by atoms with van der Waals surface area (Å²) >= 11 is 3.27. The summed E-state index contributed by atoms with van der Waals surface area (Å²) < 4.78 is 0.859. The zero-order valence-corrected chi connectivity index (χ0v) is 9.15. The molecule has 0 aliphatic carbocycles. The molecule has 0 aromatic carbocycles. The maximum atomic E-state index is 11.1. The van der Waals surface area contributed by atoms with Gasteiger partial charge in [0.15, 0.2) is 5.82 Å². The maximum Gasteiger partial charge on any atom is 0.253 e. The van der Waals surface area contributed by atoms with E-state index in [1.807, 2.05) is 6.07 Å². The highest BCUT2D eigenvalue weighted by Crippen LogP contribution is 2.14. The molecule has 0 saturated carbocycles. The van der Waals surface area contributed by atoms with Gasteiger partial charge in [0.05, 0.1) is 0 Å². The fraction of sp³-hybridized carbons (Fsp3) is 0. The van der Waals surface area contributed by atoms with Gasteiger partial charge in [-0.15, -0.1) is 0 Å². The minimum absolute atomic E-state index is 0.179. The summed E-state index contributed by atoms with van der Waals surface area (Å²) in [7, 11) is 0. The van der Waals surface area contributed by atoms with Crippen molar-refractivity contribution >= 4 is 21.7 Å². The lowest BCUT2D eigenvalue weighted by Gasteiger charge is -2.00. The number of nitrogens with one attached hydrogen (secondary N) is 1. The fourth-order valence-electron chi connectivity index (χ4n) is 1.11. The number of pyridine rings is 1. The van der Waals surface area contributed by atoms with Crippen LogP contribution < -0.4 is 11.3 Å². The van der Waals surface area contributed by atoms with Crippen LogP contribution in [0, 0.1) is 0 Å². The van der Waals surface area contributed by atoms with Gasteiger partial charge in [-0.3, -0.25) is 9.78 Å². The van der Waals surface area contributed by atoms with Crippen molar-refractivity contribution in [1.82, 2.24) is 15.0 Å². The van der Waals surface area contributed by atoms with Gasteiger partial charge in [-0.1, -0.05) is 0 Å². The molecule has 2 aromatic heterocycles. The van der Waals surface area contributed by atoms with Crippen LogP contribution in [0.5, 0.6) is 0 Å². The summed E-state index contributed by atoms with van der Waals surface area (Å²) in [6, 6.07) is 4.77. The Morgan fingerprint density at radius 1 is 1.40 bits per heavy atom. The van der Waals surface area contributed by atoms with Gasteiger partial charge in [0.25, 0.3) is 5.56 Å². The van der Waals surface area contributed by atoms with Crippen molar-refractivity contribution in [2.24, 2.45) is 0 Å². The average molecular weight is 267 g/mol. The van der Waals surface area contributed by atoms with E-state index in [9.17, 15) is 4.79 Å². The number of H-pyrrole nitrogens is 1. The van der Waals surface area contributed by atoms with Crippen molar-refractivity contribution in [2.45, 2.75) is 0 Å². The fourth-order valence-corrected chi connectivity index (χ4v) is 1.35. The molecule has 0 aliphatic rings. The summed E-state index contributed by atoms with van der Waals surface area (Å²) in [6.07, 6.45) is 1.62. The first-order valence-electron chi connectivity index (χ1n) is 4.14. The van der Waals surface area contributed by atoms with Crippen LogP contribution in [-0.2, 0) is 0 Å². The van der Waals surface area contributed by atoms with Crippen LogP contribution >= 0.6 is 15.9 Å². The highest BCUT2D eigenvalue weighted by molar-refractivity contribution is 9.10. The summed E-state index contributed by atoms with van der Waals surface area (Å²) in [5.74, 6) is 0.547. The zero-order chi connectivity index (χ0) is 10.8. The van der Waals surface area contributed by atoms with Crippen LogP contribution in [0.1, 0.15) is 0 Å². The van der Waals surface area contributed by atoms with Crippen LogP contribution in [-0.4, -0.2) is 15.0 Å². The van der Waals surface area contributed by atoms with E-state index in [1.54, 1.807) is 12.3 Å². The molecule has 0 saturated heterocycles. The van der Waals surface area contributed by atoms with E-state index in [-0.39, 0.29) is 11.4 Å². The lowest BCUT2D eigenvalue weighted by molar-refractivity contribution is 1.11. The molecular formula is C9H7BrN4O. The molecule has 15 heavy (non-hydrogen) atoms. The van der Waals surface area contributed by atoms with E-state index in [1.165, 1.54) is 6.07 Å².